The van der Waals surface area contributed by atoms with E-state index < -0.39 is 0 Å². The number of amides is 1. The van der Waals surface area contributed by atoms with Gasteiger partial charge in [-0.25, -0.2) is 0 Å². The molecular weight excluding hydrogens is 316 g/mol. The highest BCUT2D eigenvalue weighted by Crippen LogP contribution is 2.33. The van der Waals surface area contributed by atoms with Crippen LogP contribution in [0.5, 0.6) is 11.5 Å². The van der Waals surface area contributed by atoms with Gasteiger partial charge in [0.1, 0.15) is 13.2 Å². The van der Waals surface area contributed by atoms with Crippen LogP contribution in [0.2, 0.25) is 0 Å². The zero-order valence-corrected chi connectivity index (χ0v) is 14.1. The molecule has 2 aliphatic heterocycles. The van der Waals surface area contributed by atoms with Crippen LogP contribution in [0.3, 0.4) is 0 Å². The predicted octanol–water partition coefficient (Wildman–Crippen LogP) is 2.52. The molecule has 2 heterocycles. The molecule has 0 radical (unpaired) electrons. The van der Waals surface area contributed by atoms with Crippen LogP contribution in [0.25, 0.3) is 0 Å². The Bertz CT molecular complexity index is 748. The summed E-state index contributed by atoms with van der Waals surface area (Å²) in [6.07, 6.45) is 0.481. The molecule has 2 aromatic carbocycles. The van der Waals surface area contributed by atoms with Gasteiger partial charge in [0.15, 0.2) is 11.5 Å². The van der Waals surface area contributed by atoms with Crippen LogP contribution in [0.15, 0.2) is 48.5 Å². The van der Waals surface area contributed by atoms with E-state index in [4.69, 9.17) is 9.47 Å². The van der Waals surface area contributed by atoms with Crippen molar-refractivity contribution in [2.45, 2.75) is 19.0 Å². The molecule has 5 heteroatoms. The number of carbonyl (C=O) groups excluding carboxylic acids is 1. The summed E-state index contributed by atoms with van der Waals surface area (Å²) in [7, 11) is 0. The van der Waals surface area contributed by atoms with Gasteiger partial charge in [0.25, 0.3) is 0 Å². The minimum atomic E-state index is 0.0805. The fraction of sp³-hybridized carbons (Fsp3) is 0.350. The number of hydrogen-bond donors (Lipinski definition) is 1. The van der Waals surface area contributed by atoms with Crippen LogP contribution in [-0.2, 0) is 11.3 Å². The highest BCUT2D eigenvalue weighted by atomic mass is 16.6. The maximum absolute atomic E-state index is 12.1. The van der Waals surface area contributed by atoms with E-state index in [0.29, 0.717) is 26.2 Å². The molecule has 2 aromatic rings. The minimum Gasteiger partial charge on any atom is -0.486 e. The second kappa shape index (κ2) is 7.15. The number of ether oxygens (including phenoxy) is 2. The van der Waals surface area contributed by atoms with E-state index in [1.165, 1.54) is 11.1 Å². The number of carbonyl (C=O) groups is 1. The first kappa shape index (κ1) is 16.0. The van der Waals surface area contributed by atoms with Crippen molar-refractivity contribution in [1.82, 2.24) is 10.2 Å². The van der Waals surface area contributed by atoms with Gasteiger partial charge in [0.05, 0.1) is 0 Å². The molecule has 1 fully saturated rings. The summed E-state index contributed by atoms with van der Waals surface area (Å²) in [6, 6.07) is 16.4. The first-order chi connectivity index (χ1) is 12.3. The monoisotopic (exact) mass is 338 g/mol. The molecule has 0 aliphatic carbocycles. The molecule has 1 saturated heterocycles. The average Bonchev–Trinajstić information content (AvgIpc) is 2.84. The first-order valence-corrected chi connectivity index (χ1v) is 8.74. The second-order valence-corrected chi connectivity index (χ2v) is 6.43. The summed E-state index contributed by atoms with van der Waals surface area (Å²) in [4.78, 5) is 14.4. The summed E-state index contributed by atoms with van der Waals surface area (Å²) >= 11 is 0. The Morgan fingerprint density at radius 1 is 1.04 bits per heavy atom. The Hall–Kier alpha value is -2.53. The lowest BCUT2D eigenvalue weighted by molar-refractivity contribution is -0.121. The topological polar surface area (TPSA) is 50.8 Å². The number of nitrogens with one attached hydrogen (secondary N) is 1. The van der Waals surface area contributed by atoms with E-state index in [1.54, 1.807) is 0 Å². The van der Waals surface area contributed by atoms with E-state index >= 15 is 0 Å². The summed E-state index contributed by atoms with van der Waals surface area (Å²) in [6.45, 7) is 3.45. The highest BCUT2D eigenvalue weighted by molar-refractivity contribution is 5.77. The second-order valence-electron chi connectivity index (χ2n) is 6.43. The summed E-state index contributed by atoms with van der Waals surface area (Å²) in [5.74, 6) is 1.73. The van der Waals surface area contributed by atoms with Gasteiger partial charge in [-0.2, -0.15) is 0 Å². The van der Waals surface area contributed by atoms with E-state index in [0.717, 1.165) is 24.6 Å². The molecular formula is C20H22N2O3. The van der Waals surface area contributed by atoms with E-state index in [2.05, 4.69) is 34.5 Å². The standard InChI is InChI=1S/C20H22N2O3/c23-20-13-17(16-4-2-1-3-5-16)22(9-8-21-20)14-15-6-7-18-19(12-15)25-11-10-24-18/h1-7,12,17H,8-11,13-14H2,(H,21,23)/t17-/m1/s1. The quantitative estimate of drug-likeness (QED) is 0.934. The van der Waals surface area contributed by atoms with Crippen LogP contribution >= 0.6 is 0 Å². The lowest BCUT2D eigenvalue weighted by Crippen LogP contribution is -2.30. The highest BCUT2D eigenvalue weighted by Gasteiger charge is 2.26. The SMILES string of the molecule is O=C1C[C@H](c2ccccc2)N(Cc2ccc3c(c2)OCCO3)CCN1. The Labute approximate surface area is 147 Å². The van der Waals surface area contributed by atoms with Crippen LogP contribution < -0.4 is 14.8 Å². The molecule has 2 aliphatic rings. The summed E-state index contributed by atoms with van der Waals surface area (Å²) in [5, 5.41) is 2.98. The third-order valence-electron chi connectivity index (χ3n) is 4.72. The van der Waals surface area contributed by atoms with Crippen molar-refractivity contribution in [1.29, 1.82) is 0 Å². The van der Waals surface area contributed by atoms with Gasteiger partial charge >= 0.3 is 0 Å². The number of fused-ring (bicyclic) bond motifs is 1. The Morgan fingerprint density at radius 3 is 2.68 bits per heavy atom. The smallest absolute Gasteiger partial charge is 0.221 e. The van der Waals surface area contributed by atoms with Gasteiger partial charge in [-0.05, 0) is 23.3 Å². The maximum Gasteiger partial charge on any atom is 0.221 e. The van der Waals surface area contributed by atoms with Crippen molar-refractivity contribution >= 4 is 5.91 Å². The fourth-order valence-corrected chi connectivity index (χ4v) is 3.49. The minimum absolute atomic E-state index is 0.0805. The molecule has 1 N–H and O–H groups in total. The molecule has 0 spiro atoms. The molecule has 1 atom stereocenters. The van der Waals surface area contributed by atoms with Crippen LogP contribution in [-0.4, -0.2) is 37.1 Å². The maximum atomic E-state index is 12.1. The molecule has 0 aromatic heterocycles. The van der Waals surface area contributed by atoms with Gasteiger partial charge in [0.2, 0.25) is 5.91 Å². The van der Waals surface area contributed by atoms with Gasteiger partial charge in [-0.15, -0.1) is 0 Å². The van der Waals surface area contributed by atoms with Crippen molar-refractivity contribution in [2.24, 2.45) is 0 Å². The third-order valence-corrected chi connectivity index (χ3v) is 4.72. The van der Waals surface area contributed by atoms with Crippen molar-refractivity contribution in [2.75, 3.05) is 26.3 Å². The van der Waals surface area contributed by atoms with E-state index in [9.17, 15) is 4.79 Å². The van der Waals surface area contributed by atoms with Crippen molar-refractivity contribution < 1.29 is 14.3 Å². The Morgan fingerprint density at radius 2 is 1.84 bits per heavy atom. The fourth-order valence-electron chi connectivity index (χ4n) is 3.49. The predicted molar refractivity (Wildman–Crippen MR) is 94.7 cm³/mol. The van der Waals surface area contributed by atoms with Crippen LogP contribution in [0, 0.1) is 0 Å². The number of nitrogens with zero attached hydrogens (tertiary/aromatic N) is 1. The molecule has 1 amide bonds. The van der Waals surface area contributed by atoms with Crippen LogP contribution in [0.1, 0.15) is 23.6 Å². The largest absolute Gasteiger partial charge is 0.486 e. The van der Waals surface area contributed by atoms with Crippen molar-refractivity contribution in [3.8, 4) is 11.5 Å². The van der Waals surface area contributed by atoms with Crippen molar-refractivity contribution in [3.63, 3.8) is 0 Å². The molecule has 25 heavy (non-hydrogen) atoms. The third kappa shape index (κ3) is 3.61. The van der Waals surface area contributed by atoms with Gasteiger partial charge in [-0.3, -0.25) is 9.69 Å². The first-order valence-electron chi connectivity index (χ1n) is 8.74. The molecule has 0 saturated carbocycles. The normalized spacial score (nSPS) is 20.6. The van der Waals surface area contributed by atoms with Gasteiger partial charge in [0, 0.05) is 32.1 Å². The van der Waals surface area contributed by atoms with Gasteiger partial charge < -0.3 is 14.8 Å². The molecule has 5 nitrogen and oxygen atoms in total. The summed E-state index contributed by atoms with van der Waals surface area (Å²) in [5.41, 5.74) is 2.34. The molecule has 130 valence electrons. The Balaban J connectivity index is 1.59. The zero-order chi connectivity index (χ0) is 17.1. The molecule has 0 unspecified atom stereocenters. The van der Waals surface area contributed by atoms with E-state index in [-0.39, 0.29) is 11.9 Å². The summed E-state index contributed by atoms with van der Waals surface area (Å²) < 4.78 is 11.3. The number of rotatable bonds is 3. The lowest BCUT2D eigenvalue weighted by atomic mass is 10.0. The zero-order valence-electron chi connectivity index (χ0n) is 14.1. The number of hydrogen-bond acceptors (Lipinski definition) is 4. The molecule has 0 bridgehead atoms. The average molecular weight is 338 g/mol. The van der Waals surface area contributed by atoms with Gasteiger partial charge in [-0.1, -0.05) is 36.4 Å². The number of benzene rings is 2. The molecule has 4 rings (SSSR count). The Kier molecular flexibility index (Phi) is 4.57. The van der Waals surface area contributed by atoms with Crippen molar-refractivity contribution in [3.05, 3.63) is 59.7 Å². The van der Waals surface area contributed by atoms with E-state index in [1.807, 2.05) is 24.3 Å². The lowest BCUT2D eigenvalue weighted by Gasteiger charge is -2.30. The van der Waals surface area contributed by atoms with Crippen LogP contribution in [0.4, 0.5) is 0 Å².